The van der Waals surface area contributed by atoms with Crippen LogP contribution in [0.5, 0.6) is 5.75 Å². The van der Waals surface area contributed by atoms with Crippen LogP contribution in [0, 0.1) is 0 Å². The average molecular weight is 446 g/mol. The summed E-state index contributed by atoms with van der Waals surface area (Å²) in [5.74, 6) is -0.700. The first kappa shape index (κ1) is 21.3. The molecule has 156 valence electrons. The molecule has 1 saturated heterocycles. The van der Waals surface area contributed by atoms with Crippen LogP contribution in [-0.2, 0) is 14.8 Å². The second-order valence-corrected chi connectivity index (χ2v) is 9.01. The molecule has 1 aliphatic heterocycles. The number of hydrogen-bond donors (Lipinski definition) is 0. The summed E-state index contributed by atoms with van der Waals surface area (Å²) in [7, 11) is -3.88. The van der Waals surface area contributed by atoms with Crippen LogP contribution in [0.4, 0.5) is 13.2 Å². The number of rotatable bonds is 5. The third-order valence-corrected chi connectivity index (χ3v) is 6.93. The molecular formula is C18H17F3N2O4S2. The number of carbonyl (C=O) groups is 1. The summed E-state index contributed by atoms with van der Waals surface area (Å²) in [4.78, 5) is 14.6. The Morgan fingerprint density at radius 3 is 2.28 bits per heavy atom. The van der Waals surface area contributed by atoms with E-state index < -0.39 is 22.1 Å². The first-order valence-corrected chi connectivity index (χ1v) is 10.8. The Kier molecular flexibility index (Phi) is 6.30. The predicted molar refractivity (Wildman–Crippen MR) is 102 cm³/mol. The van der Waals surface area contributed by atoms with Crippen LogP contribution < -0.4 is 4.74 Å². The predicted octanol–water partition coefficient (Wildman–Crippen LogP) is 3.19. The number of amides is 1. The van der Waals surface area contributed by atoms with Crippen molar-refractivity contribution in [3.8, 4) is 5.75 Å². The Hall–Kier alpha value is -2.37. The lowest BCUT2D eigenvalue weighted by molar-refractivity contribution is -0.274. The Bertz CT molecular complexity index is 964. The van der Waals surface area contributed by atoms with Crippen molar-refractivity contribution in [3.05, 3.63) is 52.7 Å². The summed E-state index contributed by atoms with van der Waals surface area (Å²) in [5, 5.41) is 1.90. The van der Waals surface area contributed by atoms with E-state index in [0.29, 0.717) is 0 Å². The molecule has 0 N–H and O–H groups in total. The van der Waals surface area contributed by atoms with E-state index in [1.54, 1.807) is 11.0 Å². The van der Waals surface area contributed by atoms with Gasteiger partial charge in [0.25, 0.3) is 0 Å². The van der Waals surface area contributed by atoms with Crippen LogP contribution in [0.15, 0.2) is 52.7 Å². The van der Waals surface area contributed by atoms with E-state index in [0.717, 1.165) is 29.1 Å². The third-order valence-electron chi connectivity index (χ3n) is 4.18. The van der Waals surface area contributed by atoms with Crippen LogP contribution in [0.3, 0.4) is 0 Å². The van der Waals surface area contributed by atoms with E-state index in [4.69, 9.17) is 0 Å². The van der Waals surface area contributed by atoms with E-state index in [-0.39, 0.29) is 37.0 Å². The van der Waals surface area contributed by atoms with Crippen LogP contribution >= 0.6 is 11.3 Å². The van der Waals surface area contributed by atoms with Gasteiger partial charge in [-0.15, -0.1) is 24.5 Å². The highest BCUT2D eigenvalue weighted by atomic mass is 32.2. The molecular weight excluding hydrogens is 429 g/mol. The van der Waals surface area contributed by atoms with Gasteiger partial charge in [-0.3, -0.25) is 4.79 Å². The van der Waals surface area contributed by atoms with Gasteiger partial charge in [-0.25, -0.2) is 8.42 Å². The lowest BCUT2D eigenvalue weighted by atomic mass is 10.3. The second-order valence-electron chi connectivity index (χ2n) is 6.10. The van der Waals surface area contributed by atoms with Crippen molar-refractivity contribution in [2.75, 3.05) is 26.2 Å². The van der Waals surface area contributed by atoms with Crippen molar-refractivity contribution >= 4 is 33.3 Å². The number of carbonyl (C=O) groups excluding carboxylic acids is 1. The number of thiophene rings is 1. The summed E-state index contributed by atoms with van der Waals surface area (Å²) in [6.07, 6.45) is -1.68. The van der Waals surface area contributed by atoms with E-state index in [2.05, 4.69) is 4.74 Å². The molecule has 0 radical (unpaired) electrons. The summed E-state index contributed by atoms with van der Waals surface area (Å²) in [6, 6.07) is 7.80. The van der Waals surface area contributed by atoms with Gasteiger partial charge in [-0.1, -0.05) is 6.07 Å². The number of halogens is 3. The van der Waals surface area contributed by atoms with Crippen LogP contribution in [0.25, 0.3) is 6.08 Å². The van der Waals surface area contributed by atoms with Crippen molar-refractivity contribution in [1.29, 1.82) is 0 Å². The minimum absolute atomic E-state index is 0.0989. The van der Waals surface area contributed by atoms with Crippen molar-refractivity contribution in [2.24, 2.45) is 0 Å². The van der Waals surface area contributed by atoms with Crippen LogP contribution in [0.1, 0.15) is 4.88 Å². The van der Waals surface area contributed by atoms with Gasteiger partial charge >= 0.3 is 6.36 Å². The molecule has 29 heavy (non-hydrogen) atoms. The average Bonchev–Trinajstić information content (AvgIpc) is 3.19. The smallest absolute Gasteiger partial charge is 0.406 e. The van der Waals surface area contributed by atoms with Gasteiger partial charge in [-0.05, 0) is 41.8 Å². The minimum Gasteiger partial charge on any atom is -0.406 e. The number of sulfonamides is 1. The highest BCUT2D eigenvalue weighted by molar-refractivity contribution is 7.89. The van der Waals surface area contributed by atoms with Crippen molar-refractivity contribution in [1.82, 2.24) is 9.21 Å². The molecule has 0 aliphatic carbocycles. The molecule has 0 saturated carbocycles. The Morgan fingerprint density at radius 1 is 1.07 bits per heavy atom. The van der Waals surface area contributed by atoms with Gasteiger partial charge in [0.1, 0.15) is 5.75 Å². The lowest BCUT2D eigenvalue weighted by Gasteiger charge is -2.33. The van der Waals surface area contributed by atoms with E-state index in [1.165, 1.54) is 21.7 Å². The number of benzene rings is 1. The first-order valence-electron chi connectivity index (χ1n) is 8.52. The molecule has 6 nitrogen and oxygen atoms in total. The number of hydrogen-bond acceptors (Lipinski definition) is 5. The van der Waals surface area contributed by atoms with Gasteiger partial charge < -0.3 is 9.64 Å². The van der Waals surface area contributed by atoms with Crippen molar-refractivity contribution in [3.63, 3.8) is 0 Å². The molecule has 1 aromatic heterocycles. The topological polar surface area (TPSA) is 66.9 Å². The molecule has 0 unspecified atom stereocenters. The molecule has 1 amide bonds. The minimum atomic E-state index is -4.85. The number of piperazine rings is 1. The Morgan fingerprint density at radius 2 is 1.72 bits per heavy atom. The zero-order chi connectivity index (χ0) is 21.1. The molecule has 1 aliphatic rings. The van der Waals surface area contributed by atoms with E-state index in [1.807, 2.05) is 17.5 Å². The second kappa shape index (κ2) is 8.56. The van der Waals surface area contributed by atoms with Gasteiger partial charge in [0.2, 0.25) is 15.9 Å². The molecule has 2 aromatic rings. The number of alkyl halides is 3. The molecule has 0 bridgehead atoms. The summed E-state index contributed by atoms with van der Waals surface area (Å²) >= 11 is 1.50. The third kappa shape index (κ3) is 5.58. The molecule has 1 fully saturated rings. The Balaban J connectivity index is 1.60. The fourth-order valence-electron chi connectivity index (χ4n) is 2.76. The molecule has 1 aromatic carbocycles. The maximum Gasteiger partial charge on any atom is 0.573 e. The summed E-state index contributed by atoms with van der Waals surface area (Å²) in [5.41, 5.74) is 0. The van der Waals surface area contributed by atoms with E-state index >= 15 is 0 Å². The van der Waals surface area contributed by atoms with Crippen molar-refractivity contribution in [2.45, 2.75) is 11.3 Å². The fourth-order valence-corrected chi connectivity index (χ4v) is 4.80. The quantitative estimate of drug-likeness (QED) is 0.662. The summed E-state index contributed by atoms with van der Waals surface area (Å²) < 4.78 is 67.0. The fraction of sp³-hybridized carbons (Fsp3) is 0.278. The molecule has 0 spiro atoms. The van der Waals surface area contributed by atoms with E-state index in [9.17, 15) is 26.4 Å². The van der Waals surface area contributed by atoms with Gasteiger partial charge in [-0.2, -0.15) is 4.31 Å². The first-order chi connectivity index (χ1) is 13.6. The molecule has 0 atom stereocenters. The SMILES string of the molecule is O=C(/C=C/c1cccs1)N1CCN(S(=O)(=O)c2ccc(OC(F)(F)F)cc2)CC1. The normalized spacial score (nSPS) is 16.3. The standard InChI is InChI=1S/C18H17F3N2O4S2/c19-18(20,21)27-14-3-6-16(7-4-14)29(25,26)23-11-9-22(10-12-23)17(24)8-5-15-2-1-13-28-15/h1-8,13H,9-12H2/b8-5+. The highest BCUT2D eigenvalue weighted by Gasteiger charge is 2.32. The Labute approximate surface area is 169 Å². The molecule has 2 heterocycles. The maximum atomic E-state index is 12.7. The number of nitrogens with zero attached hydrogens (tertiary/aromatic N) is 2. The number of ether oxygens (including phenoxy) is 1. The van der Waals surface area contributed by atoms with Crippen LogP contribution in [0.2, 0.25) is 0 Å². The summed E-state index contributed by atoms with van der Waals surface area (Å²) in [6.45, 7) is 0.646. The largest absolute Gasteiger partial charge is 0.573 e. The van der Waals surface area contributed by atoms with Crippen molar-refractivity contribution < 1.29 is 31.1 Å². The van der Waals surface area contributed by atoms with Gasteiger partial charge in [0.05, 0.1) is 4.90 Å². The molecule has 3 rings (SSSR count). The highest BCUT2D eigenvalue weighted by Crippen LogP contribution is 2.25. The van der Waals surface area contributed by atoms with Gasteiger partial charge in [0.15, 0.2) is 0 Å². The lowest BCUT2D eigenvalue weighted by Crippen LogP contribution is -2.50. The monoisotopic (exact) mass is 446 g/mol. The maximum absolute atomic E-state index is 12.7. The molecule has 11 heteroatoms. The van der Waals surface area contributed by atoms with Crippen LogP contribution in [-0.4, -0.2) is 56.1 Å². The zero-order valence-electron chi connectivity index (χ0n) is 15.0. The zero-order valence-corrected chi connectivity index (χ0v) is 16.6. The van der Waals surface area contributed by atoms with Gasteiger partial charge in [0, 0.05) is 37.1 Å².